The van der Waals surface area contributed by atoms with E-state index >= 15 is 0 Å². The first kappa shape index (κ1) is 18.3. The molecule has 1 unspecified atom stereocenters. The van der Waals surface area contributed by atoms with Gasteiger partial charge in [0.05, 0.1) is 11.3 Å². The Morgan fingerprint density at radius 2 is 2.27 bits per heavy atom. The SMILES string of the molecule is CCC(OC1=COCC2=C3C1=CN=C(c1ccc4oc(N)nc4c1)N3CC2)C(N)=O. The Bertz CT molecular complexity index is 1170. The zero-order valence-corrected chi connectivity index (χ0v) is 16.4. The molecule has 0 bridgehead atoms. The Morgan fingerprint density at radius 1 is 1.40 bits per heavy atom. The van der Waals surface area contributed by atoms with Gasteiger partial charge in [-0.05, 0) is 36.6 Å². The van der Waals surface area contributed by atoms with Gasteiger partial charge in [-0.3, -0.25) is 4.79 Å². The number of aromatic nitrogens is 1. The molecule has 2 aromatic rings. The molecule has 154 valence electrons. The van der Waals surface area contributed by atoms with Gasteiger partial charge in [-0.25, -0.2) is 4.99 Å². The van der Waals surface area contributed by atoms with E-state index in [-0.39, 0.29) is 6.01 Å². The summed E-state index contributed by atoms with van der Waals surface area (Å²) in [6.45, 7) is 3.07. The molecule has 0 saturated carbocycles. The van der Waals surface area contributed by atoms with Gasteiger partial charge in [0.25, 0.3) is 11.9 Å². The maximum absolute atomic E-state index is 11.7. The van der Waals surface area contributed by atoms with Crippen molar-refractivity contribution in [2.24, 2.45) is 10.7 Å². The van der Waals surface area contributed by atoms with E-state index in [9.17, 15) is 4.79 Å². The average Bonchev–Trinajstić information content (AvgIpc) is 3.26. The van der Waals surface area contributed by atoms with E-state index in [0.29, 0.717) is 29.9 Å². The summed E-state index contributed by atoms with van der Waals surface area (Å²) >= 11 is 0. The van der Waals surface area contributed by atoms with Crippen molar-refractivity contribution in [3.63, 3.8) is 0 Å². The highest BCUT2D eigenvalue weighted by Crippen LogP contribution is 2.39. The first-order valence-electron chi connectivity index (χ1n) is 9.77. The molecular formula is C21H21N5O4. The van der Waals surface area contributed by atoms with Crippen LogP contribution in [0.3, 0.4) is 0 Å². The molecule has 4 heterocycles. The van der Waals surface area contributed by atoms with Crippen LogP contribution < -0.4 is 11.5 Å². The Hall–Kier alpha value is -3.75. The fraction of sp³-hybridized carbons (Fsp3) is 0.286. The largest absolute Gasteiger partial charge is 0.493 e. The summed E-state index contributed by atoms with van der Waals surface area (Å²) in [5.74, 6) is 0.747. The molecule has 5 rings (SSSR count). The van der Waals surface area contributed by atoms with E-state index in [1.54, 1.807) is 12.5 Å². The van der Waals surface area contributed by atoms with Crippen LogP contribution in [-0.2, 0) is 14.3 Å². The Labute approximate surface area is 172 Å². The van der Waals surface area contributed by atoms with Crippen LogP contribution >= 0.6 is 0 Å². The summed E-state index contributed by atoms with van der Waals surface area (Å²) in [5, 5.41) is 0. The minimum atomic E-state index is -0.733. The minimum Gasteiger partial charge on any atom is -0.493 e. The zero-order valence-electron chi connectivity index (χ0n) is 16.4. The zero-order chi connectivity index (χ0) is 20.8. The average molecular weight is 407 g/mol. The molecule has 3 aliphatic rings. The molecule has 1 aromatic carbocycles. The highest BCUT2D eigenvalue weighted by atomic mass is 16.5. The third-order valence-corrected chi connectivity index (χ3v) is 5.40. The number of aliphatic imine (C=N–C) groups is 1. The number of amides is 1. The summed E-state index contributed by atoms with van der Waals surface area (Å²) in [6.07, 6.45) is 3.87. The highest BCUT2D eigenvalue weighted by Gasteiger charge is 2.36. The maximum atomic E-state index is 11.7. The second-order valence-corrected chi connectivity index (χ2v) is 7.29. The lowest BCUT2D eigenvalue weighted by atomic mass is 10.0. The molecule has 0 fully saturated rings. The highest BCUT2D eigenvalue weighted by molar-refractivity contribution is 6.04. The molecule has 30 heavy (non-hydrogen) atoms. The fourth-order valence-electron chi connectivity index (χ4n) is 3.98. The lowest BCUT2D eigenvalue weighted by Gasteiger charge is -2.29. The molecule has 0 aliphatic carbocycles. The van der Waals surface area contributed by atoms with Gasteiger partial charge >= 0.3 is 0 Å². The van der Waals surface area contributed by atoms with Crippen LogP contribution in [0.2, 0.25) is 0 Å². The van der Waals surface area contributed by atoms with E-state index in [1.807, 2.05) is 25.1 Å². The number of carbonyl (C=O) groups excluding carboxylic acids is 1. The van der Waals surface area contributed by atoms with Gasteiger partial charge in [0.2, 0.25) is 0 Å². The molecule has 0 radical (unpaired) electrons. The lowest BCUT2D eigenvalue weighted by molar-refractivity contribution is -0.127. The van der Waals surface area contributed by atoms with Crippen molar-refractivity contribution < 1.29 is 18.7 Å². The van der Waals surface area contributed by atoms with E-state index in [2.05, 4.69) is 9.88 Å². The summed E-state index contributed by atoms with van der Waals surface area (Å²) < 4.78 is 17.0. The smallest absolute Gasteiger partial charge is 0.292 e. The first-order valence-corrected chi connectivity index (χ1v) is 9.77. The predicted molar refractivity (Wildman–Crippen MR) is 110 cm³/mol. The molecule has 1 amide bonds. The lowest BCUT2D eigenvalue weighted by Crippen LogP contribution is -2.34. The Balaban J connectivity index is 1.56. The molecule has 0 spiro atoms. The quantitative estimate of drug-likeness (QED) is 0.777. The number of carbonyl (C=O) groups is 1. The van der Waals surface area contributed by atoms with Crippen LogP contribution in [0.4, 0.5) is 6.01 Å². The van der Waals surface area contributed by atoms with Crippen molar-refractivity contribution in [3.8, 4) is 0 Å². The number of ether oxygens (including phenoxy) is 2. The van der Waals surface area contributed by atoms with Crippen molar-refractivity contribution in [3.05, 3.63) is 58.8 Å². The Morgan fingerprint density at radius 3 is 3.07 bits per heavy atom. The van der Waals surface area contributed by atoms with Gasteiger partial charge in [-0.1, -0.05) is 6.92 Å². The van der Waals surface area contributed by atoms with Crippen molar-refractivity contribution in [1.82, 2.24) is 9.88 Å². The summed E-state index contributed by atoms with van der Waals surface area (Å²) in [4.78, 5) is 22.7. The second kappa shape index (κ2) is 6.94. The number of oxazole rings is 1. The van der Waals surface area contributed by atoms with Gasteiger partial charge in [0.1, 0.15) is 24.2 Å². The van der Waals surface area contributed by atoms with Crippen molar-refractivity contribution in [1.29, 1.82) is 0 Å². The standard InChI is InChI=1S/C21H21N5O4/c1-2-15(19(22)27)29-17-10-28-9-12-5-6-26-18(12)13(17)8-24-20(26)11-3-4-16-14(7-11)25-21(23)30-16/h3-4,7-8,10,15H,2,5-6,9H2,1H3,(H2,22,27)(H2,23,25). The first-order chi connectivity index (χ1) is 14.5. The van der Waals surface area contributed by atoms with Crippen LogP contribution in [0, 0.1) is 0 Å². The number of fused-ring (bicyclic) bond motifs is 1. The second-order valence-electron chi connectivity index (χ2n) is 7.29. The minimum absolute atomic E-state index is 0.133. The monoisotopic (exact) mass is 407 g/mol. The number of nitrogens with two attached hydrogens (primary N) is 2. The number of nitrogen functional groups attached to an aromatic ring is 1. The number of amidine groups is 1. The van der Waals surface area contributed by atoms with Gasteiger partial charge in [0.15, 0.2) is 17.4 Å². The normalized spacial score (nSPS) is 18.8. The number of primary amides is 1. The van der Waals surface area contributed by atoms with Crippen molar-refractivity contribution >= 4 is 28.9 Å². The molecule has 0 saturated heterocycles. The number of hydrogen-bond donors (Lipinski definition) is 2. The molecule has 9 nitrogen and oxygen atoms in total. The van der Waals surface area contributed by atoms with Crippen LogP contribution in [0.5, 0.6) is 0 Å². The summed E-state index contributed by atoms with van der Waals surface area (Å²) in [6, 6.07) is 5.81. The number of nitrogens with zero attached hydrogens (tertiary/aromatic N) is 3. The fourth-order valence-corrected chi connectivity index (χ4v) is 3.98. The van der Waals surface area contributed by atoms with Crippen LogP contribution in [0.15, 0.2) is 62.7 Å². The van der Waals surface area contributed by atoms with Gasteiger partial charge in [-0.15, -0.1) is 0 Å². The molecule has 3 aliphatic heterocycles. The summed E-state index contributed by atoms with van der Waals surface area (Å²) in [5.41, 5.74) is 16.3. The van der Waals surface area contributed by atoms with Crippen LogP contribution in [0.1, 0.15) is 25.3 Å². The van der Waals surface area contributed by atoms with Crippen LogP contribution in [-0.4, -0.2) is 40.9 Å². The van der Waals surface area contributed by atoms with Crippen molar-refractivity contribution in [2.45, 2.75) is 25.9 Å². The number of rotatable bonds is 5. The summed E-state index contributed by atoms with van der Waals surface area (Å²) in [7, 11) is 0. The molecule has 1 aromatic heterocycles. The van der Waals surface area contributed by atoms with E-state index in [1.165, 1.54) is 0 Å². The maximum Gasteiger partial charge on any atom is 0.292 e. The van der Waals surface area contributed by atoms with E-state index in [4.69, 9.17) is 30.4 Å². The van der Waals surface area contributed by atoms with E-state index in [0.717, 1.165) is 41.2 Å². The third kappa shape index (κ3) is 2.90. The number of benzene rings is 1. The molecule has 9 heteroatoms. The van der Waals surface area contributed by atoms with E-state index < -0.39 is 12.0 Å². The molecule has 4 N–H and O–H groups in total. The van der Waals surface area contributed by atoms with Crippen LogP contribution in [0.25, 0.3) is 11.1 Å². The topological polar surface area (TPSA) is 129 Å². The molecular weight excluding hydrogens is 386 g/mol. The van der Waals surface area contributed by atoms with Gasteiger partial charge < -0.3 is 30.3 Å². The number of hydrogen-bond acceptors (Lipinski definition) is 8. The Kier molecular flexibility index (Phi) is 4.23. The molecule has 1 atom stereocenters. The van der Waals surface area contributed by atoms with Gasteiger partial charge in [-0.2, -0.15) is 4.98 Å². The number of anilines is 1. The third-order valence-electron chi connectivity index (χ3n) is 5.40. The predicted octanol–water partition coefficient (Wildman–Crippen LogP) is 2.17. The van der Waals surface area contributed by atoms with Gasteiger partial charge in [0, 0.05) is 18.3 Å². The van der Waals surface area contributed by atoms with Crippen molar-refractivity contribution in [2.75, 3.05) is 18.9 Å².